The van der Waals surface area contributed by atoms with Gasteiger partial charge in [-0.3, -0.25) is 14.2 Å². The fourth-order valence-corrected chi connectivity index (χ4v) is 4.59. The highest BCUT2D eigenvalue weighted by atomic mass is 35.5. The number of rotatable bonds is 5. The van der Waals surface area contributed by atoms with Gasteiger partial charge in [0.1, 0.15) is 4.83 Å². The molecular formula is C23H19ClN2O3S. The van der Waals surface area contributed by atoms with Crippen molar-refractivity contribution in [1.29, 1.82) is 0 Å². The van der Waals surface area contributed by atoms with E-state index in [1.165, 1.54) is 15.9 Å². The Bertz CT molecular complexity index is 1380. The third-order valence-corrected chi connectivity index (χ3v) is 6.49. The van der Waals surface area contributed by atoms with Crippen LogP contribution in [-0.4, -0.2) is 14.9 Å². The van der Waals surface area contributed by atoms with E-state index in [0.717, 1.165) is 21.4 Å². The fraction of sp³-hybridized carbons (Fsp3) is 0.174. The molecule has 0 N–H and O–H groups in total. The number of carbonyl (C=O) groups excluding carboxylic acids is 1. The number of carbonyl (C=O) groups is 1. The third-order valence-electron chi connectivity index (χ3n) is 4.95. The number of fused-ring (bicyclic) bond motifs is 1. The van der Waals surface area contributed by atoms with E-state index in [1.807, 2.05) is 26.0 Å². The van der Waals surface area contributed by atoms with E-state index in [4.69, 9.17) is 11.6 Å². The van der Waals surface area contributed by atoms with Crippen LogP contribution in [0.3, 0.4) is 0 Å². The summed E-state index contributed by atoms with van der Waals surface area (Å²) in [7, 11) is 0. The molecular weight excluding hydrogens is 420 g/mol. The zero-order chi connectivity index (χ0) is 21.4. The standard InChI is InChI=1S/C23H19ClN2O3S/c1-3-18-12-19-21(28)26(17-6-4-5-16(24)11-17)23(29)25(22(19)30-18)13-20(27)15-9-7-14(2)8-10-15/h4-12H,3,13H2,1-2H3. The van der Waals surface area contributed by atoms with Gasteiger partial charge in [-0.2, -0.15) is 0 Å². The molecule has 0 bridgehead atoms. The Morgan fingerprint density at radius 3 is 2.47 bits per heavy atom. The van der Waals surface area contributed by atoms with Crippen molar-refractivity contribution in [2.75, 3.05) is 0 Å². The largest absolute Gasteiger partial charge is 0.337 e. The molecule has 30 heavy (non-hydrogen) atoms. The first-order valence-electron chi connectivity index (χ1n) is 9.53. The molecule has 0 radical (unpaired) electrons. The second kappa shape index (κ2) is 8.05. The van der Waals surface area contributed by atoms with Crippen LogP contribution in [0.1, 0.15) is 27.7 Å². The summed E-state index contributed by atoms with van der Waals surface area (Å²) >= 11 is 7.46. The average Bonchev–Trinajstić information content (AvgIpc) is 3.16. The summed E-state index contributed by atoms with van der Waals surface area (Å²) in [6.07, 6.45) is 0.732. The Hall–Kier alpha value is -2.96. The minimum atomic E-state index is -0.556. The molecule has 2 aromatic carbocycles. The highest BCUT2D eigenvalue weighted by Crippen LogP contribution is 2.24. The van der Waals surface area contributed by atoms with E-state index in [-0.39, 0.29) is 12.3 Å². The zero-order valence-electron chi connectivity index (χ0n) is 16.5. The second-order valence-electron chi connectivity index (χ2n) is 7.06. The van der Waals surface area contributed by atoms with Crippen LogP contribution in [0.5, 0.6) is 0 Å². The van der Waals surface area contributed by atoms with Crippen molar-refractivity contribution in [2.24, 2.45) is 0 Å². The van der Waals surface area contributed by atoms with Gasteiger partial charge < -0.3 is 0 Å². The second-order valence-corrected chi connectivity index (χ2v) is 8.62. The summed E-state index contributed by atoms with van der Waals surface area (Å²) in [4.78, 5) is 40.9. The van der Waals surface area contributed by atoms with Crippen LogP contribution in [0, 0.1) is 6.92 Å². The van der Waals surface area contributed by atoms with Gasteiger partial charge in [0.25, 0.3) is 5.56 Å². The number of Topliss-reactive ketones (excluding diaryl/α,β-unsaturated/α-hetero) is 1. The molecule has 0 aliphatic heterocycles. The van der Waals surface area contributed by atoms with Gasteiger partial charge in [0.2, 0.25) is 0 Å². The van der Waals surface area contributed by atoms with Gasteiger partial charge in [-0.05, 0) is 37.6 Å². The van der Waals surface area contributed by atoms with Gasteiger partial charge in [-0.15, -0.1) is 11.3 Å². The van der Waals surface area contributed by atoms with Crippen LogP contribution >= 0.6 is 22.9 Å². The molecule has 2 aromatic heterocycles. The summed E-state index contributed by atoms with van der Waals surface area (Å²) in [5.41, 5.74) is 0.979. The van der Waals surface area contributed by atoms with E-state index in [2.05, 4.69) is 0 Å². The van der Waals surface area contributed by atoms with E-state index < -0.39 is 11.2 Å². The summed E-state index contributed by atoms with van der Waals surface area (Å²) in [6, 6.07) is 15.6. The van der Waals surface area contributed by atoms with Crippen LogP contribution < -0.4 is 11.2 Å². The predicted octanol–water partition coefficient (Wildman–Crippen LogP) is 4.62. The molecule has 0 saturated heterocycles. The highest BCUT2D eigenvalue weighted by molar-refractivity contribution is 7.18. The Balaban J connectivity index is 1.94. The van der Waals surface area contributed by atoms with Crippen molar-refractivity contribution in [1.82, 2.24) is 9.13 Å². The first kappa shape index (κ1) is 20.3. The summed E-state index contributed by atoms with van der Waals surface area (Å²) in [6.45, 7) is 3.78. The fourth-order valence-electron chi connectivity index (χ4n) is 3.33. The number of ketones is 1. The van der Waals surface area contributed by atoms with E-state index >= 15 is 0 Å². The van der Waals surface area contributed by atoms with Crippen molar-refractivity contribution in [3.05, 3.63) is 96.5 Å². The lowest BCUT2D eigenvalue weighted by atomic mass is 10.1. The maximum absolute atomic E-state index is 13.4. The zero-order valence-corrected chi connectivity index (χ0v) is 18.1. The minimum absolute atomic E-state index is 0.150. The third kappa shape index (κ3) is 3.64. The van der Waals surface area contributed by atoms with Gasteiger partial charge in [0.05, 0.1) is 17.6 Å². The molecule has 152 valence electrons. The lowest BCUT2D eigenvalue weighted by molar-refractivity contribution is 0.0972. The Morgan fingerprint density at radius 2 is 1.80 bits per heavy atom. The molecule has 0 spiro atoms. The first-order valence-corrected chi connectivity index (χ1v) is 10.7. The Kier molecular flexibility index (Phi) is 5.45. The van der Waals surface area contributed by atoms with Gasteiger partial charge in [-0.25, -0.2) is 9.36 Å². The summed E-state index contributed by atoms with van der Waals surface area (Å²) < 4.78 is 2.48. The summed E-state index contributed by atoms with van der Waals surface area (Å²) in [5, 5.41) is 0.842. The molecule has 4 rings (SSSR count). The van der Waals surface area contributed by atoms with Crippen molar-refractivity contribution in [3.63, 3.8) is 0 Å². The molecule has 0 fully saturated rings. The molecule has 4 aromatic rings. The van der Waals surface area contributed by atoms with Gasteiger partial charge >= 0.3 is 5.69 Å². The van der Waals surface area contributed by atoms with E-state index in [0.29, 0.717) is 26.5 Å². The van der Waals surface area contributed by atoms with Crippen LogP contribution in [0.2, 0.25) is 5.02 Å². The monoisotopic (exact) mass is 438 g/mol. The number of aryl methyl sites for hydroxylation is 2. The highest BCUT2D eigenvalue weighted by Gasteiger charge is 2.19. The first-order chi connectivity index (χ1) is 14.4. The van der Waals surface area contributed by atoms with Gasteiger partial charge in [0.15, 0.2) is 5.78 Å². The molecule has 0 amide bonds. The SMILES string of the molecule is CCc1cc2c(=O)n(-c3cccc(Cl)c3)c(=O)n(CC(=O)c3ccc(C)cc3)c2s1. The minimum Gasteiger partial charge on any atom is -0.292 e. The molecule has 0 atom stereocenters. The topological polar surface area (TPSA) is 61.1 Å². The normalized spacial score (nSPS) is 11.2. The van der Waals surface area contributed by atoms with Crippen LogP contribution in [0.15, 0.2) is 64.2 Å². The molecule has 0 aliphatic carbocycles. The maximum Gasteiger partial charge on any atom is 0.337 e. The van der Waals surface area contributed by atoms with Crippen LogP contribution in [-0.2, 0) is 13.0 Å². The molecule has 0 unspecified atom stereocenters. The number of thiophene rings is 1. The lowest BCUT2D eigenvalue weighted by Crippen LogP contribution is -2.39. The van der Waals surface area contributed by atoms with Crippen molar-refractivity contribution >= 4 is 38.9 Å². The molecule has 0 aliphatic rings. The smallest absolute Gasteiger partial charge is 0.292 e. The van der Waals surface area contributed by atoms with Crippen LogP contribution in [0.4, 0.5) is 0 Å². The lowest BCUT2D eigenvalue weighted by Gasteiger charge is -2.12. The Labute approximate surface area is 181 Å². The van der Waals surface area contributed by atoms with E-state index in [1.54, 1.807) is 42.5 Å². The number of nitrogens with zero attached hydrogens (tertiary/aromatic N) is 2. The maximum atomic E-state index is 13.4. The van der Waals surface area contributed by atoms with Gasteiger partial charge in [-0.1, -0.05) is 54.4 Å². The quantitative estimate of drug-likeness (QED) is 0.427. The van der Waals surface area contributed by atoms with Crippen LogP contribution in [0.25, 0.3) is 15.9 Å². The number of aromatic nitrogens is 2. The average molecular weight is 439 g/mol. The van der Waals surface area contributed by atoms with E-state index in [9.17, 15) is 14.4 Å². The number of hydrogen-bond acceptors (Lipinski definition) is 4. The Morgan fingerprint density at radius 1 is 1.07 bits per heavy atom. The number of halogens is 1. The van der Waals surface area contributed by atoms with Crippen molar-refractivity contribution in [3.8, 4) is 5.69 Å². The predicted molar refractivity (Wildman–Crippen MR) is 122 cm³/mol. The summed E-state index contributed by atoms with van der Waals surface area (Å²) in [5.74, 6) is -0.193. The molecule has 2 heterocycles. The molecule has 0 saturated carbocycles. The van der Waals surface area contributed by atoms with Crippen molar-refractivity contribution in [2.45, 2.75) is 26.8 Å². The number of benzene rings is 2. The number of hydrogen-bond donors (Lipinski definition) is 0. The van der Waals surface area contributed by atoms with Crippen molar-refractivity contribution < 1.29 is 4.79 Å². The van der Waals surface area contributed by atoms with Gasteiger partial charge in [0, 0.05) is 15.5 Å². The molecule has 5 nitrogen and oxygen atoms in total. The molecule has 7 heteroatoms.